The average Bonchev–Trinajstić information content (AvgIpc) is 2.64. The number of nitrogens with zero attached hydrogens (tertiary/aromatic N) is 2. The molecule has 0 unspecified atom stereocenters. The van der Waals surface area contributed by atoms with E-state index < -0.39 is 4.92 Å². The Labute approximate surface area is 119 Å². The topological polar surface area (TPSA) is 60.1 Å². The lowest BCUT2D eigenvalue weighted by Gasteiger charge is -2.07. The molecule has 0 amide bonds. The van der Waals surface area contributed by atoms with Crippen molar-refractivity contribution in [2.45, 2.75) is 6.54 Å². The molecule has 2 aromatic rings. The Morgan fingerprint density at radius 1 is 1.32 bits per heavy atom. The van der Waals surface area contributed by atoms with E-state index in [4.69, 9.17) is 23.2 Å². The summed E-state index contributed by atoms with van der Waals surface area (Å²) in [6.45, 7) is 0.529. The highest BCUT2D eigenvalue weighted by Gasteiger charge is 2.09. The van der Waals surface area contributed by atoms with Gasteiger partial charge in [0.25, 0.3) is 5.69 Å². The van der Waals surface area contributed by atoms with Crippen molar-refractivity contribution in [1.29, 1.82) is 0 Å². The molecule has 0 atom stereocenters. The standard InChI is InChI=1S/C12H11Cl2N3O2/c1-16-10(6-11(13)12(16)14)7-15-8-2-4-9(5-3-8)17(18)19/h2-6,15H,7H2,1H3. The van der Waals surface area contributed by atoms with Crippen LogP contribution in [0.2, 0.25) is 10.2 Å². The second kappa shape index (κ2) is 5.50. The van der Waals surface area contributed by atoms with Crippen LogP contribution in [0.15, 0.2) is 30.3 Å². The molecule has 0 fully saturated rings. The first kappa shape index (κ1) is 13.7. The molecule has 1 heterocycles. The first-order valence-electron chi connectivity index (χ1n) is 5.47. The molecule has 1 N–H and O–H groups in total. The number of nitro groups is 1. The summed E-state index contributed by atoms with van der Waals surface area (Å²) in [5, 5.41) is 14.7. The molecule has 100 valence electrons. The third kappa shape index (κ3) is 3.00. The summed E-state index contributed by atoms with van der Waals surface area (Å²) in [6.07, 6.45) is 0. The van der Waals surface area contributed by atoms with Crippen molar-refractivity contribution in [2.75, 3.05) is 5.32 Å². The number of rotatable bonds is 4. The number of non-ortho nitro benzene ring substituents is 1. The highest BCUT2D eigenvalue weighted by Crippen LogP contribution is 2.25. The summed E-state index contributed by atoms with van der Waals surface area (Å²) in [4.78, 5) is 10.1. The minimum absolute atomic E-state index is 0.0653. The summed E-state index contributed by atoms with van der Waals surface area (Å²) >= 11 is 11.9. The van der Waals surface area contributed by atoms with Crippen molar-refractivity contribution < 1.29 is 4.92 Å². The molecule has 0 saturated carbocycles. The third-order valence-corrected chi connectivity index (χ3v) is 3.61. The van der Waals surface area contributed by atoms with Crippen molar-refractivity contribution in [2.24, 2.45) is 7.05 Å². The monoisotopic (exact) mass is 299 g/mol. The van der Waals surface area contributed by atoms with Gasteiger partial charge in [-0.2, -0.15) is 0 Å². The van der Waals surface area contributed by atoms with Gasteiger partial charge < -0.3 is 9.88 Å². The van der Waals surface area contributed by atoms with Crippen LogP contribution in [0.1, 0.15) is 5.69 Å². The molecule has 0 radical (unpaired) electrons. The van der Waals surface area contributed by atoms with Gasteiger partial charge in [0, 0.05) is 30.6 Å². The average molecular weight is 300 g/mol. The largest absolute Gasteiger partial charge is 0.379 e. The van der Waals surface area contributed by atoms with Gasteiger partial charge >= 0.3 is 0 Å². The Morgan fingerprint density at radius 3 is 2.42 bits per heavy atom. The lowest BCUT2D eigenvalue weighted by molar-refractivity contribution is -0.384. The Bertz CT molecular complexity index is 608. The van der Waals surface area contributed by atoms with Crippen molar-refractivity contribution in [3.8, 4) is 0 Å². The maximum atomic E-state index is 10.5. The van der Waals surface area contributed by atoms with Gasteiger partial charge in [-0.1, -0.05) is 23.2 Å². The minimum atomic E-state index is -0.430. The van der Waals surface area contributed by atoms with Gasteiger partial charge in [-0.05, 0) is 18.2 Å². The summed E-state index contributed by atoms with van der Waals surface area (Å²) in [5.74, 6) is 0. The molecule has 0 saturated heterocycles. The number of nitrogens with one attached hydrogen (secondary N) is 1. The van der Waals surface area contributed by atoms with E-state index in [-0.39, 0.29) is 5.69 Å². The number of halogens is 2. The second-order valence-electron chi connectivity index (χ2n) is 3.99. The third-order valence-electron chi connectivity index (χ3n) is 2.77. The molecule has 2 rings (SSSR count). The first-order chi connectivity index (χ1) is 8.99. The summed E-state index contributed by atoms with van der Waals surface area (Å²) in [5.41, 5.74) is 1.78. The van der Waals surface area contributed by atoms with Crippen LogP contribution in [0.5, 0.6) is 0 Å². The van der Waals surface area contributed by atoms with Crippen LogP contribution < -0.4 is 5.32 Å². The fraction of sp³-hybridized carbons (Fsp3) is 0.167. The van der Waals surface area contributed by atoms with Crippen molar-refractivity contribution >= 4 is 34.6 Å². The maximum absolute atomic E-state index is 10.5. The Hall–Kier alpha value is -1.72. The number of hydrogen-bond donors (Lipinski definition) is 1. The molecule has 1 aromatic heterocycles. The molecule has 0 aliphatic carbocycles. The molecule has 1 aromatic carbocycles. The predicted molar refractivity (Wildman–Crippen MR) is 75.9 cm³/mol. The Morgan fingerprint density at radius 2 is 1.95 bits per heavy atom. The van der Waals surface area contributed by atoms with Gasteiger partial charge in [-0.15, -0.1) is 0 Å². The van der Waals surface area contributed by atoms with Gasteiger partial charge in [0.15, 0.2) is 0 Å². The smallest absolute Gasteiger partial charge is 0.269 e. The molecular formula is C12H11Cl2N3O2. The molecular weight excluding hydrogens is 289 g/mol. The fourth-order valence-electron chi connectivity index (χ4n) is 1.65. The Kier molecular flexibility index (Phi) is 3.97. The second-order valence-corrected chi connectivity index (χ2v) is 4.76. The lowest BCUT2D eigenvalue weighted by atomic mass is 10.3. The van der Waals surface area contributed by atoms with Crippen molar-refractivity contribution in [3.05, 3.63) is 56.3 Å². The zero-order valence-corrected chi connectivity index (χ0v) is 11.6. The van der Waals surface area contributed by atoms with Crippen molar-refractivity contribution in [3.63, 3.8) is 0 Å². The molecule has 19 heavy (non-hydrogen) atoms. The van der Waals surface area contributed by atoms with Crippen LogP contribution in [0.25, 0.3) is 0 Å². The van der Waals surface area contributed by atoms with Gasteiger partial charge in [0.2, 0.25) is 0 Å². The highest BCUT2D eigenvalue weighted by molar-refractivity contribution is 6.41. The van der Waals surface area contributed by atoms with Gasteiger partial charge in [-0.3, -0.25) is 10.1 Å². The fourth-order valence-corrected chi connectivity index (χ4v) is 2.07. The van der Waals surface area contributed by atoms with Gasteiger partial charge in [0.1, 0.15) is 5.15 Å². The van der Waals surface area contributed by atoms with Crippen molar-refractivity contribution in [1.82, 2.24) is 4.57 Å². The van der Waals surface area contributed by atoms with E-state index in [0.717, 1.165) is 11.4 Å². The van der Waals surface area contributed by atoms with Crippen LogP contribution in [0, 0.1) is 10.1 Å². The van der Waals surface area contributed by atoms with E-state index in [0.29, 0.717) is 16.7 Å². The van der Waals surface area contributed by atoms with Crippen LogP contribution in [-0.4, -0.2) is 9.49 Å². The molecule has 5 nitrogen and oxygen atoms in total. The van der Waals surface area contributed by atoms with Crippen LogP contribution in [0.4, 0.5) is 11.4 Å². The van der Waals surface area contributed by atoms with E-state index in [1.807, 2.05) is 7.05 Å². The predicted octanol–water partition coefficient (Wildman–Crippen LogP) is 3.85. The quantitative estimate of drug-likeness (QED) is 0.689. The molecule has 0 aliphatic heterocycles. The maximum Gasteiger partial charge on any atom is 0.269 e. The van der Waals surface area contributed by atoms with E-state index in [9.17, 15) is 10.1 Å². The van der Waals surface area contributed by atoms with Crippen LogP contribution >= 0.6 is 23.2 Å². The van der Waals surface area contributed by atoms with E-state index in [1.54, 1.807) is 22.8 Å². The normalized spacial score (nSPS) is 10.5. The number of hydrogen-bond acceptors (Lipinski definition) is 3. The number of nitro benzene ring substituents is 1. The van der Waals surface area contributed by atoms with E-state index >= 15 is 0 Å². The van der Waals surface area contributed by atoms with Crippen LogP contribution in [-0.2, 0) is 13.6 Å². The Balaban J connectivity index is 2.06. The summed E-state index contributed by atoms with van der Waals surface area (Å²) in [7, 11) is 1.82. The zero-order valence-electron chi connectivity index (χ0n) is 10.1. The number of aromatic nitrogens is 1. The number of benzene rings is 1. The molecule has 0 bridgehead atoms. The lowest BCUT2D eigenvalue weighted by Crippen LogP contribution is -2.04. The number of anilines is 1. The van der Waals surface area contributed by atoms with E-state index in [1.165, 1.54) is 12.1 Å². The zero-order chi connectivity index (χ0) is 14.0. The van der Waals surface area contributed by atoms with Crippen LogP contribution in [0.3, 0.4) is 0 Å². The molecule has 0 aliphatic rings. The SMILES string of the molecule is Cn1c(CNc2ccc([N+](=O)[O-])cc2)cc(Cl)c1Cl. The van der Waals surface area contributed by atoms with Gasteiger partial charge in [-0.25, -0.2) is 0 Å². The minimum Gasteiger partial charge on any atom is -0.379 e. The summed E-state index contributed by atoms with van der Waals surface area (Å²) < 4.78 is 1.78. The highest BCUT2D eigenvalue weighted by atomic mass is 35.5. The molecule has 0 spiro atoms. The first-order valence-corrected chi connectivity index (χ1v) is 6.22. The van der Waals surface area contributed by atoms with E-state index in [2.05, 4.69) is 5.32 Å². The molecule has 7 heteroatoms. The van der Waals surface area contributed by atoms with Gasteiger partial charge in [0.05, 0.1) is 16.5 Å². The summed E-state index contributed by atoms with van der Waals surface area (Å²) in [6, 6.07) is 8.00.